The number of amides is 1. The first-order valence-electron chi connectivity index (χ1n) is 6.49. The number of hydrogen-bond acceptors (Lipinski definition) is 5. The predicted molar refractivity (Wildman–Crippen MR) is 81.4 cm³/mol. The zero-order valence-corrected chi connectivity index (χ0v) is 12.8. The molecule has 0 aliphatic rings. The van der Waals surface area contributed by atoms with Crippen LogP contribution in [0.4, 0.5) is 0 Å². The molecule has 1 amide bonds. The van der Waals surface area contributed by atoms with E-state index in [1.807, 2.05) is 6.92 Å². The summed E-state index contributed by atoms with van der Waals surface area (Å²) in [5.74, 6) is -0.246. The number of nitrogens with two attached hydrogens (primary N) is 1. The monoisotopic (exact) mass is 304 g/mol. The number of ether oxygens (including phenoxy) is 3. The summed E-state index contributed by atoms with van der Waals surface area (Å²) in [5, 5.41) is 2.29. The van der Waals surface area contributed by atoms with Gasteiger partial charge in [-0.05, 0) is 25.6 Å². The Balaban J connectivity index is 3.15. The molecule has 0 aliphatic heterocycles. The summed E-state index contributed by atoms with van der Waals surface area (Å²) in [5.41, 5.74) is 6.26. The molecule has 0 fully saturated rings. The van der Waals surface area contributed by atoms with Gasteiger partial charge in [-0.3, -0.25) is 4.79 Å². The third-order valence-corrected chi connectivity index (χ3v) is 2.26. The van der Waals surface area contributed by atoms with Crippen molar-refractivity contribution in [1.29, 1.82) is 0 Å². The van der Waals surface area contributed by atoms with Crippen molar-refractivity contribution in [3.05, 3.63) is 12.2 Å². The summed E-state index contributed by atoms with van der Waals surface area (Å²) < 4.78 is 15.9. The lowest BCUT2D eigenvalue weighted by Crippen LogP contribution is -2.35. The van der Waals surface area contributed by atoms with Crippen LogP contribution in [0.5, 0.6) is 0 Å². The molecule has 0 aromatic carbocycles. The average molecular weight is 304 g/mol. The summed E-state index contributed by atoms with van der Waals surface area (Å²) in [7, 11) is 0. The Bertz CT molecular complexity index is 311. The molecule has 0 atom stereocenters. The maximum atomic E-state index is 11.1. The lowest BCUT2D eigenvalue weighted by atomic mass is 10.3. The summed E-state index contributed by atoms with van der Waals surface area (Å²) in [6.07, 6.45) is 1.10. The highest BCUT2D eigenvalue weighted by Crippen LogP contribution is 1.94. The second-order valence-corrected chi connectivity index (χ2v) is 4.65. The Morgan fingerprint density at radius 1 is 1.05 bits per heavy atom. The zero-order chi connectivity index (χ0) is 15.2. The van der Waals surface area contributed by atoms with Crippen LogP contribution in [0.1, 0.15) is 19.8 Å². The lowest BCUT2D eigenvalue weighted by Gasteiger charge is -2.07. The van der Waals surface area contributed by atoms with Crippen LogP contribution >= 0.6 is 12.2 Å². The molecule has 0 aromatic heterocycles. The molecule has 0 unspecified atom stereocenters. The molecule has 3 N–H and O–H groups in total. The zero-order valence-electron chi connectivity index (χ0n) is 12.0. The van der Waals surface area contributed by atoms with Gasteiger partial charge < -0.3 is 25.3 Å². The number of rotatable bonds is 12. The van der Waals surface area contributed by atoms with E-state index >= 15 is 0 Å². The molecular formula is C13H24N2O4S. The summed E-state index contributed by atoms with van der Waals surface area (Å²) in [4.78, 5) is 11.1. The first-order chi connectivity index (χ1) is 9.52. The van der Waals surface area contributed by atoms with E-state index in [4.69, 9.17) is 19.9 Å². The minimum atomic E-state index is -0.246. The van der Waals surface area contributed by atoms with E-state index in [0.29, 0.717) is 39.6 Å². The topological polar surface area (TPSA) is 82.8 Å². The quantitative estimate of drug-likeness (QED) is 0.314. The second kappa shape index (κ2) is 13.0. The van der Waals surface area contributed by atoms with Crippen molar-refractivity contribution in [1.82, 2.24) is 5.32 Å². The first-order valence-corrected chi connectivity index (χ1v) is 6.90. The molecule has 0 spiro atoms. The normalized spacial score (nSPS) is 10.2. The maximum absolute atomic E-state index is 11.1. The third kappa shape index (κ3) is 15.0. The molecule has 0 saturated heterocycles. The Morgan fingerprint density at radius 2 is 1.50 bits per heavy atom. The third-order valence-electron chi connectivity index (χ3n) is 2.15. The minimum absolute atomic E-state index is 0.0232. The second-order valence-electron chi connectivity index (χ2n) is 4.21. The molecule has 0 saturated carbocycles. The van der Waals surface area contributed by atoms with Crippen molar-refractivity contribution < 1.29 is 19.0 Å². The Morgan fingerprint density at radius 3 is 1.95 bits per heavy atom. The van der Waals surface area contributed by atoms with Crippen molar-refractivity contribution in [3.8, 4) is 0 Å². The van der Waals surface area contributed by atoms with Gasteiger partial charge in [0.25, 0.3) is 0 Å². The van der Waals surface area contributed by atoms with Crippen LogP contribution in [0.15, 0.2) is 12.2 Å². The van der Waals surface area contributed by atoms with Gasteiger partial charge in [0.05, 0.1) is 46.1 Å². The van der Waals surface area contributed by atoms with Crippen LogP contribution in [0.25, 0.3) is 0 Å². The van der Waals surface area contributed by atoms with Crippen molar-refractivity contribution in [2.24, 2.45) is 5.73 Å². The van der Waals surface area contributed by atoms with Crippen LogP contribution in [0, 0.1) is 0 Å². The van der Waals surface area contributed by atoms with E-state index < -0.39 is 0 Å². The van der Waals surface area contributed by atoms with Crippen LogP contribution in [-0.2, 0) is 19.0 Å². The van der Waals surface area contributed by atoms with Gasteiger partial charge in [0.15, 0.2) is 5.11 Å². The predicted octanol–water partition coefficient (Wildman–Crippen LogP) is 0.752. The lowest BCUT2D eigenvalue weighted by molar-refractivity contribution is -0.120. The molecule has 0 rings (SSSR count). The van der Waals surface area contributed by atoms with Crippen molar-refractivity contribution in [2.75, 3.05) is 39.6 Å². The fourth-order valence-corrected chi connectivity index (χ4v) is 1.27. The van der Waals surface area contributed by atoms with Crippen LogP contribution in [0.3, 0.4) is 0 Å². The molecule has 0 aliphatic carbocycles. The largest absolute Gasteiger partial charge is 0.379 e. The molecule has 7 heteroatoms. The van der Waals surface area contributed by atoms with Crippen molar-refractivity contribution >= 4 is 23.2 Å². The SMILES string of the molecule is C=C(C)CCOCCOCCOCCC(=O)NC(N)=S. The van der Waals surface area contributed by atoms with Gasteiger partial charge in [-0.25, -0.2) is 0 Å². The number of thiocarbonyl (C=S) groups is 1. The minimum Gasteiger partial charge on any atom is -0.379 e. The van der Waals surface area contributed by atoms with Crippen LogP contribution in [-0.4, -0.2) is 50.7 Å². The number of carbonyl (C=O) groups is 1. The number of hydrogen-bond donors (Lipinski definition) is 2. The van der Waals surface area contributed by atoms with Crippen molar-refractivity contribution in [2.45, 2.75) is 19.8 Å². The molecule has 20 heavy (non-hydrogen) atoms. The fourth-order valence-electron chi connectivity index (χ4n) is 1.15. The van der Waals surface area contributed by atoms with Crippen molar-refractivity contribution in [3.63, 3.8) is 0 Å². The van der Waals surface area contributed by atoms with E-state index in [0.717, 1.165) is 12.0 Å². The van der Waals surface area contributed by atoms with Gasteiger partial charge in [0, 0.05) is 0 Å². The van der Waals surface area contributed by atoms with E-state index in [9.17, 15) is 4.79 Å². The molecular weight excluding hydrogens is 280 g/mol. The van der Waals surface area contributed by atoms with Gasteiger partial charge >= 0.3 is 0 Å². The highest BCUT2D eigenvalue weighted by molar-refractivity contribution is 7.80. The molecule has 6 nitrogen and oxygen atoms in total. The summed E-state index contributed by atoms with van der Waals surface area (Å²) in [6, 6.07) is 0. The van der Waals surface area contributed by atoms with Gasteiger partial charge in [-0.15, -0.1) is 6.58 Å². The highest BCUT2D eigenvalue weighted by atomic mass is 32.1. The number of carbonyl (C=O) groups excluding carboxylic acids is 1. The Labute approximate surface area is 125 Å². The molecule has 0 bridgehead atoms. The summed E-state index contributed by atoms with van der Waals surface area (Å²) >= 11 is 4.53. The van der Waals surface area contributed by atoms with Crippen LogP contribution < -0.4 is 11.1 Å². The first kappa shape index (κ1) is 19.0. The van der Waals surface area contributed by atoms with E-state index in [-0.39, 0.29) is 17.4 Å². The van der Waals surface area contributed by atoms with E-state index in [2.05, 4.69) is 24.1 Å². The standard InChI is InChI=1S/C13H24N2O4S/c1-11(2)3-5-17-7-9-19-10-8-18-6-4-12(16)15-13(14)20/h1,3-10H2,2H3,(H3,14,15,16,20). The van der Waals surface area contributed by atoms with E-state index in [1.54, 1.807) is 0 Å². The smallest absolute Gasteiger partial charge is 0.228 e. The fraction of sp³-hybridized carbons (Fsp3) is 0.692. The van der Waals surface area contributed by atoms with Gasteiger partial charge in [0.2, 0.25) is 5.91 Å². The Kier molecular flexibility index (Phi) is 12.3. The Hall–Kier alpha value is -1.02. The summed E-state index contributed by atoms with van der Waals surface area (Å²) in [6.45, 7) is 8.74. The molecule has 0 heterocycles. The van der Waals surface area contributed by atoms with Gasteiger partial charge in [-0.1, -0.05) is 5.57 Å². The highest BCUT2D eigenvalue weighted by Gasteiger charge is 2.01. The number of nitrogens with one attached hydrogen (secondary N) is 1. The molecule has 0 radical (unpaired) electrons. The average Bonchev–Trinajstić information content (AvgIpc) is 2.34. The van der Waals surface area contributed by atoms with Gasteiger partial charge in [0.1, 0.15) is 0 Å². The molecule has 0 aromatic rings. The maximum Gasteiger partial charge on any atom is 0.228 e. The van der Waals surface area contributed by atoms with E-state index in [1.165, 1.54) is 0 Å². The van der Waals surface area contributed by atoms with Gasteiger partial charge in [-0.2, -0.15) is 0 Å². The molecule has 116 valence electrons. The van der Waals surface area contributed by atoms with Crippen LogP contribution in [0.2, 0.25) is 0 Å².